The highest BCUT2D eigenvalue weighted by Gasteiger charge is 2.32. The third-order valence-corrected chi connectivity index (χ3v) is 5.18. The second-order valence-electron chi connectivity index (χ2n) is 7.06. The number of hydrogen-bond donors (Lipinski definition) is 2. The van der Waals surface area contributed by atoms with E-state index in [1.165, 1.54) is 0 Å². The Kier molecular flexibility index (Phi) is 5.79. The van der Waals surface area contributed by atoms with Crippen molar-refractivity contribution in [2.75, 3.05) is 13.1 Å². The Morgan fingerprint density at radius 1 is 1.12 bits per heavy atom. The lowest BCUT2D eigenvalue weighted by Crippen LogP contribution is -2.50. The van der Waals surface area contributed by atoms with Gasteiger partial charge in [0.15, 0.2) is 0 Å². The van der Waals surface area contributed by atoms with Crippen molar-refractivity contribution in [3.63, 3.8) is 0 Å². The minimum Gasteiger partial charge on any atom is -0.488 e. The average Bonchev–Trinajstić information content (AvgIpc) is 3.02. The Morgan fingerprint density at radius 3 is 2.52 bits per heavy atom. The number of urea groups is 1. The Bertz CT molecular complexity index is 585. The fourth-order valence-electron chi connectivity index (χ4n) is 3.78. The predicted octanol–water partition coefficient (Wildman–Crippen LogP) is 2.28. The van der Waals surface area contributed by atoms with Gasteiger partial charge in [0.1, 0.15) is 11.9 Å². The molecule has 6 heteroatoms. The Morgan fingerprint density at radius 2 is 1.84 bits per heavy atom. The summed E-state index contributed by atoms with van der Waals surface area (Å²) < 4.78 is 6.05. The first kappa shape index (κ1) is 17.6. The zero-order valence-corrected chi connectivity index (χ0v) is 14.5. The number of ether oxygens (including phenoxy) is 1. The molecule has 3 amide bonds. The van der Waals surface area contributed by atoms with Crippen molar-refractivity contribution < 1.29 is 14.3 Å². The summed E-state index contributed by atoms with van der Waals surface area (Å²) in [5.41, 5.74) is 5.26. The van der Waals surface area contributed by atoms with Gasteiger partial charge in [-0.1, -0.05) is 18.2 Å². The fraction of sp³-hybridized carbons (Fsp3) is 0.579. The molecule has 2 atom stereocenters. The molecule has 1 saturated heterocycles. The summed E-state index contributed by atoms with van der Waals surface area (Å²) in [4.78, 5) is 25.4. The molecule has 1 aliphatic heterocycles. The van der Waals surface area contributed by atoms with Crippen LogP contribution in [0.1, 0.15) is 38.5 Å². The van der Waals surface area contributed by atoms with Crippen LogP contribution in [-0.2, 0) is 4.79 Å². The lowest BCUT2D eigenvalue weighted by Gasteiger charge is -2.33. The Hall–Kier alpha value is -2.24. The van der Waals surface area contributed by atoms with Crippen molar-refractivity contribution >= 4 is 11.9 Å². The number of carbonyl (C=O) groups is 2. The predicted molar refractivity (Wildman–Crippen MR) is 95.1 cm³/mol. The van der Waals surface area contributed by atoms with E-state index in [-0.39, 0.29) is 24.1 Å². The molecule has 2 aliphatic rings. The molecule has 1 saturated carbocycles. The van der Waals surface area contributed by atoms with E-state index in [4.69, 9.17) is 10.5 Å². The first-order valence-corrected chi connectivity index (χ1v) is 9.17. The van der Waals surface area contributed by atoms with Crippen molar-refractivity contribution in [2.45, 2.75) is 50.7 Å². The van der Waals surface area contributed by atoms with E-state index in [1.54, 1.807) is 0 Å². The monoisotopic (exact) mass is 345 g/mol. The van der Waals surface area contributed by atoms with Crippen LogP contribution in [0.15, 0.2) is 30.3 Å². The van der Waals surface area contributed by atoms with Crippen LogP contribution in [0, 0.1) is 5.92 Å². The average molecular weight is 345 g/mol. The number of carbonyl (C=O) groups excluding carboxylic acids is 2. The van der Waals surface area contributed by atoms with Crippen molar-refractivity contribution in [2.24, 2.45) is 11.7 Å². The molecule has 1 heterocycles. The molecular weight excluding hydrogens is 318 g/mol. The number of primary amides is 1. The summed E-state index contributed by atoms with van der Waals surface area (Å²) in [5, 5.41) is 3.14. The van der Waals surface area contributed by atoms with Crippen molar-refractivity contribution in [1.82, 2.24) is 10.2 Å². The van der Waals surface area contributed by atoms with Crippen LogP contribution in [0.5, 0.6) is 5.75 Å². The largest absolute Gasteiger partial charge is 0.488 e. The first-order chi connectivity index (χ1) is 12.1. The smallest absolute Gasteiger partial charge is 0.317 e. The Labute approximate surface area is 148 Å². The minimum atomic E-state index is -0.255. The normalized spacial score (nSPS) is 24.1. The first-order valence-electron chi connectivity index (χ1n) is 9.17. The Balaban J connectivity index is 1.48. The summed E-state index contributed by atoms with van der Waals surface area (Å²) in [6.45, 7) is 1.36. The van der Waals surface area contributed by atoms with Gasteiger partial charge < -0.3 is 20.7 Å². The van der Waals surface area contributed by atoms with Crippen LogP contribution >= 0.6 is 0 Å². The summed E-state index contributed by atoms with van der Waals surface area (Å²) >= 11 is 0. The molecule has 0 unspecified atom stereocenters. The van der Waals surface area contributed by atoms with Crippen molar-refractivity contribution in [1.29, 1.82) is 0 Å². The van der Waals surface area contributed by atoms with Gasteiger partial charge in [-0.3, -0.25) is 4.79 Å². The van der Waals surface area contributed by atoms with Gasteiger partial charge in [0.25, 0.3) is 0 Å². The maximum absolute atomic E-state index is 12.5. The van der Waals surface area contributed by atoms with Gasteiger partial charge in [-0.05, 0) is 50.2 Å². The van der Waals surface area contributed by atoms with E-state index in [0.717, 1.165) is 37.9 Å². The maximum atomic E-state index is 12.5. The molecule has 0 spiro atoms. The lowest BCUT2D eigenvalue weighted by molar-refractivity contribution is -0.119. The summed E-state index contributed by atoms with van der Waals surface area (Å²) in [7, 11) is 0. The maximum Gasteiger partial charge on any atom is 0.317 e. The zero-order chi connectivity index (χ0) is 17.6. The molecule has 3 N–H and O–H groups in total. The zero-order valence-electron chi connectivity index (χ0n) is 14.5. The van der Waals surface area contributed by atoms with Crippen molar-refractivity contribution in [3.05, 3.63) is 30.3 Å². The van der Waals surface area contributed by atoms with E-state index < -0.39 is 0 Å². The van der Waals surface area contributed by atoms with Gasteiger partial charge in [0.05, 0.1) is 6.04 Å². The number of likely N-dealkylation sites (tertiary alicyclic amines) is 1. The summed E-state index contributed by atoms with van der Waals surface area (Å²) in [5.74, 6) is 0.901. The van der Waals surface area contributed by atoms with E-state index in [9.17, 15) is 9.59 Å². The second kappa shape index (κ2) is 8.23. The van der Waals surface area contributed by atoms with Crippen molar-refractivity contribution in [3.8, 4) is 5.75 Å². The van der Waals surface area contributed by atoms with Gasteiger partial charge >= 0.3 is 6.03 Å². The minimum absolute atomic E-state index is 0.0221. The van der Waals surface area contributed by atoms with Crippen LogP contribution in [0.4, 0.5) is 4.79 Å². The van der Waals surface area contributed by atoms with E-state index in [2.05, 4.69) is 5.32 Å². The molecular formula is C19H27N3O3. The number of hydrogen-bond acceptors (Lipinski definition) is 3. The molecule has 0 bridgehead atoms. The molecule has 3 rings (SSSR count). The third-order valence-electron chi connectivity index (χ3n) is 5.18. The quantitative estimate of drug-likeness (QED) is 0.858. The van der Waals surface area contributed by atoms with Gasteiger partial charge in [-0.15, -0.1) is 0 Å². The number of rotatable bonds is 5. The van der Waals surface area contributed by atoms with E-state index >= 15 is 0 Å². The van der Waals surface area contributed by atoms with Gasteiger partial charge in [-0.25, -0.2) is 4.79 Å². The molecule has 1 aromatic rings. The lowest BCUT2D eigenvalue weighted by atomic mass is 9.93. The number of piperidine rings is 1. The van der Waals surface area contributed by atoms with E-state index in [1.807, 2.05) is 35.2 Å². The molecule has 1 aliphatic carbocycles. The van der Waals surface area contributed by atoms with Gasteiger partial charge in [-0.2, -0.15) is 0 Å². The number of para-hydroxylation sites is 1. The highest BCUT2D eigenvalue weighted by Crippen LogP contribution is 2.25. The molecule has 25 heavy (non-hydrogen) atoms. The van der Waals surface area contributed by atoms with Crippen LogP contribution in [0.3, 0.4) is 0 Å². The number of amides is 3. The molecule has 1 aromatic carbocycles. The van der Waals surface area contributed by atoms with Gasteiger partial charge in [0.2, 0.25) is 5.91 Å². The molecule has 0 aromatic heterocycles. The third kappa shape index (κ3) is 4.87. The summed E-state index contributed by atoms with van der Waals surface area (Å²) in [6.07, 6.45) is 5.09. The molecule has 0 radical (unpaired) electrons. The van der Waals surface area contributed by atoms with Gasteiger partial charge in [0, 0.05) is 19.5 Å². The standard InChI is InChI=1S/C19H27N3O3/c20-18(23)13-14-9-11-22(12-10-14)19(24)21-16-7-4-8-17(16)25-15-5-2-1-3-6-15/h1-3,5-6,14,16-17H,4,7-13H2,(H2,20,23)(H,21,24)/t16-,17+/m0/s1. The summed E-state index contributed by atoms with van der Waals surface area (Å²) in [6, 6.07) is 9.79. The number of nitrogens with zero attached hydrogens (tertiary/aromatic N) is 1. The van der Waals surface area contributed by atoms with Crippen LogP contribution in [-0.4, -0.2) is 42.1 Å². The highest BCUT2D eigenvalue weighted by molar-refractivity contribution is 5.75. The number of nitrogens with two attached hydrogens (primary N) is 1. The van der Waals surface area contributed by atoms with Crippen LogP contribution < -0.4 is 15.8 Å². The van der Waals surface area contributed by atoms with Crippen LogP contribution in [0.25, 0.3) is 0 Å². The second-order valence-corrected chi connectivity index (χ2v) is 7.06. The topological polar surface area (TPSA) is 84.7 Å². The number of benzene rings is 1. The molecule has 136 valence electrons. The fourth-order valence-corrected chi connectivity index (χ4v) is 3.78. The SMILES string of the molecule is NC(=O)CC1CCN(C(=O)N[C@H]2CCC[C@H]2Oc2ccccc2)CC1. The van der Waals surface area contributed by atoms with Crippen LogP contribution in [0.2, 0.25) is 0 Å². The van der Waals surface area contributed by atoms with E-state index in [0.29, 0.717) is 25.4 Å². The molecule has 2 fully saturated rings. The highest BCUT2D eigenvalue weighted by atomic mass is 16.5. The molecule has 6 nitrogen and oxygen atoms in total. The number of nitrogens with one attached hydrogen (secondary N) is 1.